The molecule has 1 unspecified atom stereocenters. The average molecular weight is 432 g/mol. The molecule has 2 heterocycles. The Morgan fingerprint density at radius 1 is 0.875 bits per heavy atom. The summed E-state index contributed by atoms with van der Waals surface area (Å²) in [5.74, 6) is 0.331. The van der Waals surface area contributed by atoms with Crippen molar-refractivity contribution in [3.8, 4) is 5.88 Å². The first-order valence-electron chi connectivity index (χ1n) is 11.0. The second kappa shape index (κ2) is 10.9. The van der Waals surface area contributed by atoms with Crippen molar-refractivity contribution in [2.75, 3.05) is 39.3 Å². The smallest absolute Gasteiger partial charge is 0.234 e. The first kappa shape index (κ1) is 22.0. The molecule has 0 spiro atoms. The number of β-amino-alcohol motifs (C(OH)–C–C–N with tert-alkyl or cyclic N) is 1. The Morgan fingerprint density at radius 3 is 2.03 bits per heavy atom. The van der Waals surface area contributed by atoms with Crippen LogP contribution in [-0.2, 0) is 4.79 Å². The van der Waals surface area contributed by atoms with E-state index < -0.39 is 6.10 Å². The van der Waals surface area contributed by atoms with E-state index in [1.54, 1.807) is 12.3 Å². The number of pyridine rings is 1. The van der Waals surface area contributed by atoms with Crippen molar-refractivity contribution < 1.29 is 14.6 Å². The summed E-state index contributed by atoms with van der Waals surface area (Å²) in [6.07, 6.45) is 1.05. The number of carbonyl (C=O) groups excluding carboxylic acids is 1. The van der Waals surface area contributed by atoms with Crippen LogP contribution >= 0.6 is 0 Å². The number of hydrogen-bond donors (Lipinski definition) is 1. The van der Waals surface area contributed by atoms with Crippen molar-refractivity contribution in [2.24, 2.45) is 0 Å². The highest BCUT2D eigenvalue weighted by Crippen LogP contribution is 2.27. The predicted molar refractivity (Wildman–Crippen MR) is 123 cm³/mol. The van der Waals surface area contributed by atoms with Crippen molar-refractivity contribution in [1.29, 1.82) is 0 Å². The Balaban J connectivity index is 1.33. The van der Waals surface area contributed by atoms with E-state index in [0.717, 1.165) is 24.2 Å². The van der Waals surface area contributed by atoms with Crippen molar-refractivity contribution in [1.82, 2.24) is 14.8 Å². The highest BCUT2D eigenvalue weighted by molar-refractivity contribution is 5.87. The molecule has 0 bridgehead atoms. The minimum Gasteiger partial charge on any atom is -0.475 e. The molecule has 0 aliphatic carbocycles. The van der Waals surface area contributed by atoms with E-state index in [-0.39, 0.29) is 18.4 Å². The molecule has 1 aromatic heterocycles. The van der Waals surface area contributed by atoms with E-state index in [1.807, 2.05) is 77.7 Å². The topological polar surface area (TPSA) is 65.9 Å². The fourth-order valence-electron chi connectivity index (χ4n) is 4.07. The maximum Gasteiger partial charge on any atom is 0.234 e. The van der Waals surface area contributed by atoms with E-state index in [4.69, 9.17) is 4.74 Å². The van der Waals surface area contributed by atoms with Gasteiger partial charge in [-0.05, 0) is 17.2 Å². The predicted octanol–water partition coefficient (Wildman–Crippen LogP) is 2.80. The van der Waals surface area contributed by atoms with E-state index in [2.05, 4.69) is 9.88 Å². The summed E-state index contributed by atoms with van der Waals surface area (Å²) in [7, 11) is 0. The number of piperazine rings is 1. The monoisotopic (exact) mass is 431 g/mol. The molecule has 0 radical (unpaired) electrons. The first-order chi connectivity index (χ1) is 15.7. The molecular formula is C26H29N3O3. The van der Waals surface area contributed by atoms with Gasteiger partial charge in [-0.1, -0.05) is 66.7 Å². The van der Waals surface area contributed by atoms with Crippen LogP contribution in [0.1, 0.15) is 17.0 Å². The minimum absolute atomic E-state index is 0.126. The highest BCUT2D eigenvalue weighted by atomic mass is 16.5. The van der Waals surface area contributed by atoms with Crippen LogP contribution in [0, 0.1) is 0 Å². The maximum absolute atomic E-state index is 13.5. The zero-order chi connectivity index (χ0) is 22.2. The van der Waals surface area contributed by atoms with Crippen LogP contribution in [0.5, 0.6) is 5.88 Å². The van der Waals surface area contributed by atoms with Crippen molar-refractivity contribution >= 4 is 5.91 Å². The quantitative estimate of drug-likeness (QED) is 0.594. The number of hydrogen-bond acceptors (Lipinski definition) is 5. The second-order valence-corrected chi connectivity index (χ2v) is 8.01. The third kappa shape index (κ3) is 5.72. The zero-order valence-electron chi connectivity index (χ0n) is 18.1. The zero-order valence-corrected chi connectivity index (χ0v) is 18.1. The van der Waals surface area contributed by atoms with E-state index >= 15 is 0 Å². The molecule has 1 amide bonds. The lowest BCUT2D eigenvalue weighted by Gasteiger charge is -2.37. The van der Waals surface area contributed by atoms with E-state index in [1.165, 1.54) is 0 Å². The van der Waals surface area contributed by atoms with Crippen molar-refractivity contribution in [3.05, 3.63) is 96.2 Å². The van der Waals surface area contributed by atoms with Gasteiger partial charge in [0.1, 0.15) is 12.7 Å². The molecule has 1 saturated heterocycles. The lowest BCUT2D eigenvalue weighted by molar-refractivity contribution is -0.133. The molecule has 6 nitrogen and oxygen atoms in total. The number of aliphatic hydroxyl groups excluding tert-OH is 1. The van der Waals surface area contributed by atoms with Crippen LogP contribution in [0.2, 0.25) is 0 Å². The van der Waals surface area contributed by atoms with Gasteiger partial charge in [-0.25, -0.2) is 4.98 Å². The van der Waals surface area contributed by atoms with Gasteiger partial charge in [0.05, 0.1) is 5.92 Å². The van der Waals surface area contributed by atoms with Gasteiger partial charge >= 0.3 is 0 Å². The summed E-state index contributed by atoms with van der Waals surface area (Å²) in [6.45, 7) is 3.44. The van der Waals surface area contributed by atoms with Gasteiger partial charge in [0.15, 0.2) is 0 Å². The number of benzene rings is 2. The van der Waals surface area contributed by atoms with Crippen LogP contribution in [0.3, 0.4) is 0 Å². The molecule has 0 saturated carbocycles. The van der Waals surface area contributed by atoms with Crippen LogP contribution < -0.4 is 4.74 Å². The van der Waals surface area contributed by atoms with Gasteiger partial charge in [0, 0.05) is 45.0 Å². The molecule has 2 aromatic carbocycles. The number of ether oxygens (including phenoxy) is 1. The standard InChI is InChI=1S/C26H29N3O3/c30-23(20-32-24-13-7-8-14-27-24)19-28-15-17-29(18-16-28)26(31)25(21-9-3-1-4-10-21)22-11-5-2-6-12-22/h1-14,23,25,30H,15-20H2. The molecule has 1 aliphatic heterocycles. The SMILES string of the molecule is O=C(C(c1ccccc1)c1ccccc1)N1CCN(CC(O)COc2ccccn2)CC1. The summed E-state index contributed by atoms with van der Waals surface area (Å²) < 4.78 is 5.55. The van der Waals surface area contributed by atoms with Gasteiger partial charge in [-0.3, -0.25) is 9.69 Å². The van der Waals surface area contributed by atoms with Gasteiger partial charge < -0.3 is 14.7 Å². The lowest BCUT2D eigenvalue weighted by Crippen LogP contribution is -2.52. The van der Waals surface area contributed by atoms with Gasteiger partial charge in [0.2, 0.25) is 11.8 Å². The summed E-state index contributed by atoms with van der Waals surface area (Å²) in [5, 5.41) is 10.3. The largest absolute Gasteiger partial charge is 0.475 e. The Kier molecular flexibility index (Phi) is 7.48. The van der Waals surface area contributed by atoms with Crippen molar-refractivity contribution in [2.45, 2.75) is 12.0 Å². The number of carbonyl (C=O) groups is 1. The third-order valence-corrected chi connectivity index (χ3v) is 5.73. The van der Waals surface area contributed by atoms with Gasteiger partial charge in [-0.15, -0.1) is 0 Å². The molecule has 6 heteroatoms. The minimum atomic E-state index is -0.611. The third-order valence-electron chi connectivity index (χ3n) is 5.73. The molecule has 1 aliphatic rings. The molecule has 166 valence electrons. The molecular weight excluding hydrogens is 402 g/mol. The molecule has 1 N–H and O–H groups in total. The Hall–Kier alpha value is -3.22. The number of aliphatic hydroxyl groups is 1. The van der Waals surface area contributed by atoms with Crippen molar-refractivity contribution in [3.63, 3.8) is 0 Å². The number of rotatable bonds is 8. The van der Waals surface area contributed by atoms with Crippen LogP contribution in [0.4, 0.5) is 0 Å². The first-order valence-corrected chi connectivity index (χ1v) is 11.0. The molecule has 1 fully saturated rings. The Bertz CT molecular complexity index is 922. The Morgan fingerprint density at radius 2 is 1.47 bits per heavy atom. The van der Waals surface area contributed by atoms with Crippen LogP contribution in [-0.4, -0.2) is 71.2 Å². The summed E-state index contributed by atoms with van der Waals surface area (Å²) >= 11 is 0. The second-order valence-electron chi connectivity index (χ2n) is 8.01. The maximum atomic E-state index is 13.5. The normalized spacial score (nSPS) is 15.5. The average Bonchev–Trinajstić information content (AvgIpc) is 2.85. The van der Waals surface area contributed by atoms with Gasteiger partial charge in [-0.2, -0.15) is 0 Å². The summed E-state index contributed by atoms with van der Waals surface area (Å²) in [6, 6.07) is 25.4. The van der Waals surface area contributed by atoms with Crippen LogP contribution in [0.15, 0.2) is 85.1 Å². The fraction of sp³-hybridized carbons (Fsp3) is 0.308. The fourth-order valence-corrected chi connectivity index (χ4v) is 4.07. The van der Waals surface area contributed by atoms with E-state index in [9.17, 15) is 9.90 Å². The van der Waals surface area contributed by atoms with E-state index in [0.29, 0.717) is 25.5 Å². The lowest BCUT2D eigenvalue weighted by atomic mass is 9.90. The molecule has 4 rings (SSSR count). The summed E-state index contributed by atoms with van der Waals surface area (Å²) in [4.78, 5) is 21.7. The number of aromatic nitrogens is 1. The van der Waals surface area contributed by atoms with Crippen LogP contribution in [0.25, 0.3) is 0 Å². The van der Waals surface area contributed by atoms with Gasteiger partial charge in [0.25, 0.3) is 0 Å². The Labute approximate surface area is 189 Å². The number of amides is 1. The summed E-state index contributed by atoms with van der Waals surface area (Å²) in [5.41, 5.74) is 2.02. The molecule has 3 aromatic rings. The molecule has 1 atom stereocenters. The molecule has 32 heavy (non-hydrogen) atoms. The number of nitrogens with zero attached hydrogens (tertiary/aromatic N) is 3. The highest BCUT2D eigenvalue weighted by Gasteiger charge is 2.30.